The first-order valence-corrected chi connectivity index (χ1v) is 5.27. The van der Waals surface area contributed by atoms with E-state index in [-0.39, 0.29) is 11.7 Å². The maximum atomic E-state index is 12.1. The van der Waals surface area contributed by atoms with Crippen LogP contribution in [0.5, 0.6) is 5.75 Å². The molecule has 0 saturated carbocycles. The van der Waals surface area contributed by atoms with Crippen molar-refractivity contribution in [3.8, 4) is 11.8 Å². The monoisotopic (exact) mass is 232 g/mol. The fourth-order valence-electron chi connectivity index (χ4n) is 1.77. The third kappa shape index (κ3) is 2.34. The minimum Gasteiger partial charge on any atom is -0.506 e. The van der Waals surface area contributed by atoms with Gasteiger partial charge in [-0.3, -0.25) is 9.78 Å². The Kier molecular flexibility index (Phi) is 3.21. The molecule has 1 unspecified atom stereocenters. The van der Waals surface area contributed by atoms with Gasteiger partial charge in [-0.25, -0.2) is 0 Å². The lowest BCUT2D eigenvalue weighted by Gasteiger charge is -2.31. The Labute approximate surface area is 98.5 Å². The number of amides is 1. The molecule has 1 amide bonds. The Morgan fingerprint density at radius 2 is 2.47 bits per heavy atom. The van der Waals surface area contributed by atoms with Crippen molar-refractivity contribution >= 4 is 5.91 Å². The number of hydrogen-bond acceptors (Lipinski definition) is 5. The number of pyridine rings is 1. The molecule has 6 heteroatoms. The Bertz CT molecular complexity index is 469. The van der Waals surface area contributed by atoms with Crippen LogP contribution < -0.4 is 5.32 Å². The molecule has 2 N–H and O–H groups in total. The Balaban J connectivity index is 2.22. The minimum atomic E-state index is -0.474. The molecule has 6 nitrogen and oxygen atoms in total. The van der Waals surface area contributed by atoms with Gasteiger partial charge in [-0.05, 0) is 6.07 Å². The Hall–Kier alpha value is -2.13. The molecule has 17 heavy (non-hydrogen) atoms. The minimum absolute atomic E-state index is 0.0560. The Morgan fingerprint density at radius 1 is 1.65 bits per heavy atom. The smallest absolute Gasteiger partial charge is 0.256 e. The van der Waals surface area contributed by atoms with E-state index in [4.69, 9.17) is 5.26 Å². The lowest BCUT2D eigenvalue weighted by molar-refractivity contribution is 0.0686. The normalized spacial score (nSPS) is 19.7. The predicted molar refractivity (Wildman–Crippen MR) is 59.2 cm³/mol. The number of carbonyl (C=O) groups is 1. The van der Waals surface area contributed by atoms with Gasteiger partial charge in [0.05, 0.1) is 17.8 Å². The fraction of sp³-hybridized carbons (Fsp3) is 0.364. The first kappa shape index (κ1) is 11.4. The molecule has 88 valence electrons. The molecule has 1 atom stereocenters. The van der Waals surface area contributed by atoms with E-state index >= 15 is 0 Å². The molecule has 1 saturated heterocycles. The highest BCUT2D eigenvalue weighted by Gasteiger charge is 2.27. The second-order valence-corrected chi connectivity index (χ2v) is 3.78. The van der Waals surface area contributed by atoms with E-state index in [1.54, 1.807) is 0 Å². The zero-order valence-corrected chi connectivity index (χ0v) is 9.13. The van der Waals surface area contributed by atoms with Crippen LogP contribution in [0.1, 0.15) is 10.4 Å². The van der Waals surface area contributed by atoms with Crippen molar-refractivity contribution in [1.82, 2.24) is 15.2 Å². The summed E-state index contributed by atoms with van der Waals surface area (Å²) in [6.07, 6.45) is 2.65. The predicted octanol–water partition coefficient (Wildman–Crippen LogP) is -0.275. The number of nitrogens with one attached hydrogen (secondary N) is 1. The second-order valence-electron chi connectivity index (χ2n) is 3.78. The first-order chi connectivity index (χ1) is 8.22. The number of piperazine rings is 1. The molecule has 1 aromatic heterocycles. The number of carbonyl (C=O) groups excluding carboxylic acids is 1. The summed E-state index contributed by atoms with van der Waals surface area (Å²) in [6, 6.07) is 2.96. The molecule has 0 radical (unpaired) electrons. The summed E-state index contributed by atoms with van der Waals surface area (Å²) in [5.41, 5.74) is 0.298. The van der Waals surface area contributed by atoms with Crippen LogP contribution in [0, 0.1) is 11.3 Å². The third-order valence-electron chi connectivity index (χ3n) is 2.62. The topological polar surface area (TPSA) is 89.3 Å². The molecular formula is C11H12N4O2. The molecule has 0 aromatic carbocycles. The Morgan fingerprint density at radius 3 is 3.18 bits per heavy atom. The van der Waals surface area contributed by atoms with Crippen LogP contribution in [-0.2, 0) is 0 Å². The van der Waals surface area contributed by atoms with Gasteiger partial charge in [-0.1, -0.05) is 0 Å². The van der Waals surface area contributed by atoms with Crippen molar-refractivity contribution in [1.29, 1.82) is 5.26 Å². The summed E-state index contributed by atoms with van der Waals surface area (Å²) in [5, 5.41) is 21.3. The standard InChI is InChI=1S/C11H12N4O2/c12-4-9-6-13-1-2-15(9)11(17)8-3-10(16)7-14-5-8/h3,5,7,9,13,16H,1-2,6H2. The zero-order chi connectivity index (χ0) is 12.3. The summed E-state index contributed by atoms with van der Waals surface area (Å²) in [4.78, 5) is 17.4. The maximum absolute atomic E-state index is 12.1. The first-order valence-electron chi connectivity index (χ1n) is 5.27. The number of nitriles is 1. The maximum Gasteiger partial charge on any atom is 0.256 e. The largest absolute Gasteiger partial charge is 0.506 e. The molecule has 0 spiro atoms. The van der Waals surface area contributed by atoms with Crippen LogP contribution in [-0.4, -0.2) is 46.6 Å². The average molecular weight is 232 g/mol. The number of rotatable bonds is 1. The summed E-state index contributed by atoms with van der Waals surface area (Å²) < 4.78 is 0. The van der Waals surface area contributed by atoms with Gasteiger partial charge in [-0.15, -0.1) is 0 Å². The molecule has 1 fully saturated rings. The van der Waals surface area contributed by atoms with Crippen molar-refractivity contribution in [2.75, 3.05) is 19.6 Å². The lowest BCUT2D eigenvalue weighted by atomic mass is 10.1. The van der Waals surface area contributed by atoms with Crippen LogP contribution in [0.3, 0.4) is 0 Å². The highest BCUT2D eigenvalue weighted by Crippen LogP contribution is 2.13. The molecule has 2 heterocycles. The molecule has 2 rings (SSSR count). The number of nitrogens with zero attached hydrogens (tertiary/aromatic N) is 3. The van der Waals surface area contributed by atoms with Crippen molar-refractivity contribution in [2.45, 2.75) is 6.04 Å². The van der Waals surface area contributed by atoms with Gasteiger partial charge < -0.3 is 15.3 Å². The van der Waals surface area contributed by atoms with E-state index in [0.717, 1.165) is 0 Å². The molecule has 0 aliphatic carbocycles. The molecular weight excluding hydrogens is 220 g/mol. The SMILES string of the molecule is N#CC1CNCCN1C(=O)c1cncc(O)c1. The third-order valence-corrected chi connectivity index (χ3v) is 2.62. The highest BCUT2D eigenvalue weighted by molar-refractivity contribution is 5.94. The van der Waals surface area contributed by atoms with Gasteiger partial charge in [0.25, 0.3) is 5.91 Å². The van der Waals surface area contributed by atoms with Crippen molar-refractivity contribution in [3.05, 3.63) is 24.0 Å². The van der Waals surface area contributed by atoms with E-state index < -0.39 is 6.04 Å². The van der Waals surface area contributed by atoms with Gasteiger partial charge in [0.2, 0.25) is 0 Å². The van der Waals surface area contributed by atoms with E-state index in [0.29, 0.717) is 25.2 Å². The van der Waals surface area contributed by atoms with Gasteiger partial charge in [0.15, 0.2) is 0 Å². The average Bonchev–Trinajstić information content (AvgIpc) is 2.38. The summed E-state index contributed by atoms with van der Waals surface area (Å²) in [7, 11) is 0. The van der Waals surface area contributed by atoms with Crippen LogP contribution in [0.15, 0.2) is 18.5 Å². The van der Waals surface area contributed by atoms with E-state index in [1.165, 1.54) is 23.4 Å². The quantitative estimate of drug-likeness (QED) is 0.695. The van der Waals surface area contributed by atoms with Crippen LogP contribution >= 0.6 is 0 Å². The summed E-state index contributed by atoms with van der Waals surface area (Å²) in [5.74, 6) is -0.332. The van der Waals surface area contributed by atoms with Crippen LogP contribution in [0.2, 0.25) is 0 Å². The van der Waals surface area contributed by atoms with Gasteiger partial charge in [0.1, 0.15) is 11.8 Å². The van der Waals surface area contributed by atoms with Crippen molar-refractivity contribution < 1.29 is 9.90 Å². The van der Waals surface area contributed by atoms with Crippen LogP contribution in [0.4, 0.5) is 0 Å². The van der Waals surface area contributed by atoms with Gasteiger partial charge >= 0.3 is 0 Å². The zero-order valence-electron chi connectivity index (χ0n) is 9.13. The fourth-order valence-corrected chi connectivity index (χ4v) is 1.77. The van der Waals surface area contributed by atoms with Gasteiger partial charge in [-0.2, -0.15) is 5.26 Å². The number of aromatic hydroxyl groups is 1. The van der Waals surface area contributed by atoms with E-state index in [2.05, 4.69) is 16.4 Å². The molecule has 1 aliphatic heterocycles. The molecule has 1 aliphatic rings. The number of aromatic nitrogens is 1. The van der Waals surface area contributed by atoms with Gasteiger partial charge in [0, 0.05) is 25.8 Å². The summed E-state index contributed by atoms with van der Waals surface area (Å²) in [6.45, 7) is 1.61. The lowest BCUT2D eigenvalue weighted by Crippen LogP contribution is -2.53. The van der Waals surface area contributed by atoms with Crippen LogP contribution in [0.25, 0.3) is 0 Å². The second kappa shape index (κ2) is 4.80. The van der Waals surface area contributed by atoms with Crippen molar-refractivity contribution in [3.63, 3.8) is 0 Å². The highest BCUT2D eigenvalue weighted by atomic mass is 16.3. The van der Waals surface area contributed by atoms with E-state index in [9.17, 15) is 9.90 Å². The summed E-state index contributed by atoms with van der Waals surface area (Å²) >= 11 is 0. The number of hydrogen-bond donors (Lipinski definition) is 2. The van der Waals surface area contributed by atoms with Crippen molar-refractivity contribution in [2.24, 2.45) is 0 Å². The van der Waals surface area contributed by atoms with E-state index in [1.807, 2.05) is 0 Å². The molecule has 1 aromatic rings. The molecule has 0 bridgehead atoms.